The quantitative estimate of drug-likeness (QED) is 0.650. The van der Waals surface area contributed by atoms with Crippen molar-refractivity contribution in [1.82, 2.24) is 14.9 Å². The Bertz CT molecular complexity index is 954. The van der Waals surface area contributed by atoms with E-state index in [1.54, 1.807) is 22.4 Å². The Balaban J connectivity index is 1.65. The molecule has 2 heterocycles. The highest BCUT2D eigenvalue weighted by atomic mass is 32.1. The van der Waals surface area contributed by atoms with Crippen LogP contribution in [0.25, 0.3) is 10.6 Å². The molecule has 3 amide bonds. The SMILES string of the molecule is CCN(CC)C(=O)c1ccnc(NC(=O)Nc2csc(-c3ccccc3)n2)c1. The minimum atomic E-state index is -0.468. The third-order valence-electron chi connectivity index (χ3n) is 4.07. The number of benzene rings is 1. The molecule has 0 saturated carbocycles. The van der Waals surface area contributed by atoms with E-state index in [1.165, 1.54) is 17.5 Å². The van der Waals surface area contributed by atoms with E-state index in [0.29, 0.717) is 30.3 Å². The number of carbonyl (C=O) groups is 2. The van der Waals surface area contributed by atoms with Crippen LogP contribution < -0.4 is 10.6 Å². The molecule has 0 bridgehead atoms. The fourth-order valence-corrected chi connectivity index (χ4v) is 3.39. The summed E-state index contributed by atoms with van der Waals surface area (Å²) in [5, 5.41) is 7.92. The van der Waals surface area contributed by atoms with Crippen LogP contribution in [0.1, 0.15) is 24.2 Å². The number of nitrogens with zero attached hydrogens (tertiary/aromatic N) is 3. The molecule has 144 valence electrons. The van der Waals surface area contributed by atoms with Gasteiger partial charge in [-0.25, -0.2) is 14.8 Å². The van der Waals surface area contributed by atoms with E-state index in [-0.39, 0.29) is 5.91 Å². The zero-order valence-electron chi connectivity index (χ0n) is 15.7. The Kier molecular flexibility index (Phi) is 6.33. The molecule has 3 aromatic rings. The van der Waals surface area contributed by atoms with Crippen molar-refractivity contribution in [3.63, 3.8) is 0 Å². The molecule has 0 saturated heterocycles. The third kappa shape index (κ3) is 4.72. The van der Waals surface area contributed by atoms with Crippen LogP contribution in [-0.2, 0) is 0 Å². The Morgan fingerprint density at radius 1 is 1.04 bits per heavy atom. The summed E-state index contributed by atoms with van der Waals surface area (Å²) in [5.41, 5.74) is 1.47. The maximum Gasteiger partial charge on any atom is 0.326 e. The zero-order chi connectivity index (χ0) is 19.9. The van der Waals surface area contributed by atoms with E-state index in [9.17, 15) is 9.59 Å². The van der Waals surface area contributed by atoms with Gasteiger partial charge in [0.15, 0.2) is 0 Å². The highest BCUT2D eigenvalue weighted by Crippen LogP contribution is 2.25. The monoisotopic (exact) mass is 395 g/mol. The summed E-state index contributed by atoms with van der Waals surface area (Å²) < 4.78 is 0. The predicted octanol–water partition coefficient (Wildman–Crippen LogP) is 4.33. The molecule has 0 aliphatic rings. The van der Waals surface area contributed by atoms with Gasteiger partial charge in [-0.2, -0.15) is 0 Å². The summed E-state index contributed by atoms with van der Waals surface area (Å²) in [6, 6.07) is 12.5. The highest BCUT2D eigenvalue weighted by Gasteiger charge is 2.14. The number of aromatic nitrogens is 2. The van der Waals surface area contributed by atoms with E-state index in [1.807, 2.05) is 44.2 Å². The normalized spacial score (nSPS) is 10.4. The molecule has 0 atom stereocenters. The van der Waals surface area contributed by atoms with Crippen LogP contribution in [0, 0.1) is 0 Å². The van der Waals surface area contributed by atoms with E-state index >= 15 is 0 Å². The summed E-state index contributed by atoms with van der Waals surface area (Å²) in [7, 11) is 0. The average Bonchev–Trinajstić information content (AvgIpc) is 3.18. The molecule has 3 rings (SSSR count). The number of amides is 3. The number of pyridine rings is 1. The van der Waals surface area contributed by atoms with Gasteiger partial charge in [-0.3, -0.25) is 15.4 Å². The van der Waals surface area contributed by atoms with Crippen LogP contribution in [0.4, 0.5) is 16.4 Å². The van der Waals surface area contributed by atoms with Crippen molar-refractivity contribution >= 4 is 34.9 Å². The first-order chi connectivity index (χ1) is 13.6. The van der Waals surface area contributed by atoms with Gasteiger partial charge in [-0.15, -0.1) is 11.3 Å². The first-order valence-electron chi connectivity index (χ1n) is 8.95. The summed E-state index contributed by atoms with van der Waals surface area (Å²) >= 11 is 1.45. The lowest BCUT2D eigenvalue weighted by Gasteiger charge is -2.18. The number of hydrogen-bond acceptors (Lipinski definition) is 5. The molecular weight excluding hydrogens is 374 g/mol. The van der Waals surface area contributed by atoms with E-state index in [2.05, 4.69) is 20.6 Å². The molecule has 0 spiro atoms. The predicted molar refractivity (Wildman–Crippen MR) is 112 cm³/mol. The Hall–Kier alpha value is -3.26. The Morgan fingerprint density at radius 3 is 2.46 bits per heavy atom. The zero-order valence-corrected chi connectivity index (χ0v) is 16.5. The van der Waals surface area contributed by atoms with Crippen LogP contribution in [-0.4, -0.2) is 39.9 Å². The molecule has 1 aromatic carbocycles. The molecule has 0 aliphatic heterocycles. The number of rotatable bonds is 6. The lowest BCUT2D eigenvalue weighted by atomic mass is 10.2. The minimum absolute atomic E-state index is 0.0946. The fourth-order valence-electron chi connectivity index (χ4n) is 2.63. The minimum Gasteiger partial charge on any atom is -0.339 e. The molecule has 28 heavy (non-hydrogen) atoms. The van der Waals surface area contributed by atoms with Gasteiger partial charge in [-0.1, -0.05) is 30.3 Å². The lowest BCUT2D eigenvalue weighted by Crippen LogP contribution is -2.30. The number of carbonyl (C=O) groups excluding carboxylic acids is 2. The Morgan fingerprint density at radius 2 is 1.75 bits per heavy atom. The van der Waals surface area contributed by atoms with Crippen LogP contribution in [0.5, 0.6) is 0 Å². The van der Waals surface area contributed by atoms with Crippen molar-refractivity contribution in [2.75, 3.05) is 23.7 Å². The molecule has 0 fully saturated rings. The first-order valence-corrected chi connectivity index (χ1v) is 9.83. The summed E-state index contributed by atoms with van der Waals surface area (Å²) in [5.74, 6) is 0.661. The molecule has 7 nitrogen and oxygen atoms in total. The van der Waals surface area contributed by atoms with Gasteiger partial charge < -0.3 is 4.90 Å². The van der Waals surface area contributed by atoms with Crippen LogP contribution in [0.15, 0.2) is 54.0 Å². The standard InChI is InChI=1S/C20H21N5O2S/c1-3-25(4-2)19(26)15-10-11-21-16(12-15)23-20(27)24-17-13-28-18(22-17)14-8-6-5-7-9-14/h5-13H,3-4H2,1-2H3,(H2,21,23,24,27). The Labute approximate surface area is 167 Å². The second-order valence-corrected chi connectivity index (χ2v) is 6.75. The molecule has 0 unspecified atom stereocenters. The highest BCUT2D eigenvalue weighted by molar-refractivity contribution is 7.13. The number of anilines is 2. The van der Waals surface area contributed by atoms with Crippen molar-refractivity contribution in [3.8, 4) is 10.6 Å². The second-order valence-electron chi connectivity index (χ2n) is 5.89. The van der Waals surface area contributed by atoms with Crippen LogP contribution in [0.2, 0.25) is 0 Å². The molecule has 0 radical (unpaired) electrons. The van der Waals surface area contributed by atoms with Gasteiger partial charge >= 0.3 is 6.03 Å². The average molecular weight is 395 g/mol. The molecule has 2 N–H and O–H groups in total. The van der Waals surface area contributed by atoms with Crippen LogP contribution in [0.3, 0.4) is 0 Å². The topological polar surface area (TPSA) is 87.2 Å². The van der Waals surface area contributed by atoms with Gasteiger partial charge in [0.1, 0.15) is 16.6 Å². The van der Waals surface area contributed by atoms with Crippen molar-refractivity contribution in [2.24, 2.45) is 0 Å². The van der Waals surface area contributed by atoms with E-state index in [0.717, 1.165) is 10.6 Å². The first kappa shape index (κ1) is 19.5. The maximum absolute atomic E-state index is 12.4. The van der Waals surface area contributed by atoms with Gasteiger partial charge in [0.25, 0.3) is 5.91 Å². The summed E-state index contributed by atoms with van der Waals surface area (Å²) in [6.45, 7) is 5.09. The number of thiazole rings is 1. The fraction of sp³-hybridized carbons (Fsp3) is 0.200. The molecule has 2 aromatic heterocycles. The van der Waals surface area contributed by atoms with Gasteiger partial charge in [-0.05, 0) is 26.0 Å². The van der Waals surface area contributed by atoms with E-state index in [4.69, 9.17) is 0 Å². The van der Waals surface area contributed by atoms with Gasteiger partial charge in [0.05, 0.1) is 0 Å². The van der Waals surface area contributed by atoms with E-state index < -0.39 is 6.03 Å². The van der Waals surface area contributed by atoms with Crippen molar-refractivity contribution < 1.29 is 9.59 Å². The second kappa shape index (κ2) is 9.09. The summed E-state index contributed by atoms with van der Waals surface area (Å²) in [6.07, 6.45) is 1.50. The molecule has 8 heteroatoms. The molecular formula is C20H21N5O2S. The maximum atomic E-state index is 12.4. The number of hydrogen-bond donors (Lipinski definition) is 2. The number of nitrogens with one attached hydrogen (secondary N) is 2. The van der Waals surface area contributed by atoms with Crippen molar-refractivity contribution in [1.29, 1.82) is 0 Å². The van der Waals surface area contributed by atoms with Crippen molar-refractivity contribution in [2.45, 2.75) is 13.8 Å². The largest absolute Gasteiger partial charge is 0.339 e. The lowest BCUT2D eigenvalue weighted by molar-refractivity contribution is 0.0773. The van der Waals surface area contributed by atoms with Gasteiger partial charge in [0.2, 0.25) is 0 Å². The van der Waals surface area contributed by atoms with Gasteiger partial charge in [0, 0.05) is 35.8 Å². The smallest absolute Gasteiger partial charge is 0.326 e. The third-order valence-corrected chi connectivity index (χ3v) is 4.96. The molecule has 0 aliphatic carbocycles. The summed E-state index contributed by atoms with van der Waals surface area (Å²) in [4.78, 5) is 34.9. The van der Waals surface area contributed by atoms with Crippen LogP contribution >= 0.6 is 11.3 Å². The van der Waals surface area contributed by atoms with Crippen molar-refractivity contribution in [3.05, 3.63) is 59.6 Å². The number of urea groups is 1.